The molecule has 0 unspecified atom stereocenters. The number of nitrogens with one attached hydrogen (secondary N) is 2. The van der Waals surface area contributed by atoms with Crippen LogP contribution in [0.1, 0.15) is 40.5 Å². The summed E-state index contributed by atoms with van der Waals surface area (Å²) in [5, 5.41) is 0. The average Bonchev–Trinajstić information content (AvgIpc) is 2.71. The van der Waals surface area contributed by atoms with Gasteiger partial charge in [-0.15, -0.1) is 0 Å². The van der Waals surface area contributed by atoms with Gasteiger partial charge < -0.3 is 9.47 Å². The molecule has 2 aromatic rings. The molecule has 0 bridgehead atoms. The Bertz CT molecular complexity index is 822. The van der Waals surface area contributed by atoms with Crippen LogP contribution in [0, 0.1) is 0 Å². The van der Waals surface area contributed by atoms with Gasteiger partial charge in [0.1, 0.15) is 18.1 Å². The van der Waals surface area contributed by atoms with E-state index in [0.717, 1.165) is 17.3 Å². The molecule has 6 nitrogen and oxygen atoms in total. The summed E-state index contributed by atoms with van der Waals surface area (Å²) in [4.78, 5) is 24.7. The largest absolute Gasteiger partial charge is 0.493 e. The van der Waals surface area contributed by atoms with Gasteiger partial charge in [0.2, 0.25) is 0 Å². The van der Waals surface area contributed by atoms with Crippen molar-refractivity contribution < 1.29 is 19.1 Å². The molecule has 2 amide bonds. The fourth-order valence-electron chi connectivity index (χ4n) is 2.24. The zero-order chi connectivity index (χ0) is 20.4. The molecule has 0 aliphatic heterocycles. The van der Waals surface area contributed by atoms with Crippen molar-refractivity contribution in [3.63, 3.8) is 0 Å². The molecule has 0 aliphatic rings. The van der Waals surface area contributed by atoms with Crippen LogP contribution in [0.4, 0.5) is 0 Å². The van der Waals surface area contributed by atoms with Gasteiger partial charge in [-0.25, -0.2) is 0 Å². The molecule has 7 heteroatoms. The highest BCUT2D eigenvalue weighted by Crippen LogP contribution is 2.23. The van der Waals surface area contributed by atoms with Crippen molar-refractivity contribution in [2.75, 3.05) is 13.2 Å². The Morgan fingerprint density at radius 1 is 1.07 bits per heavy atom. The van der Waals surface area contributed by atoms with E-state index in [1.807, 2.05) is 0 Å². The lowest BCUT2D eigenvalue weighted by molar-refractivity contribution is 0.0844. The van der Waals surface area contributed by atoms with Crippen LogP contribution in [-0.4, -0.2) is 25.0 Å². The van der Waals surface area contributed by atoms with E-state index in [9.17, 15) is 9.59 Å². The SMILES string of the molecule is C=CCOc1ccc(C(=O)NNC(=O)c2cc(Br)ccc2OCCCC)cc1. The van der Waals surface area contributed by atoms with E-state index in [4.69, 9.17) is 9.47 Å². The van der Waals surface area contributed by atoms with E-state index in [2.05, 4.69) is 40.3 Å². The van der Waals surface area contributed by atoms with Gasteiger partial charge in [0.05, 0.1) is 12.2 Å². The molecule has 0 heterocycles. The molecule has 0 aliphatic carbocycles. The summed E-state index contributed by atoms with van der Waals surface area (Å²) in [6.07, 6.45) is 3.52. The molecule has 0 saturated heterocycles. The number of hydrazine groups is 1. The van der Waals surface area contributed by atoms with Crippen molar-refractivity contribution in [3.05, 3.63) is 70.7 Å². The molecule has 2 N–H and O–H groups in total. The molecule has 2 aromatic carbocycles. The van der Waals surface area contributed by atoms with E-state index >= 15 is 0 Å². The van der Waals surface area contributed by atoms with Crippen LogP contribution in [-0.2, 0) is 0 Å². The summed E-state index contributed by atoms with van der Waals surface area (Å²) in [5.74, 6) is 0.190. The first-order chi connectivity index (χ1) is 13.5. The van der Waals surface area contributed by atoms with Crippen LogP contribution in [0.25, 0.3) is 0 Å². The van der Waals surface area contributed by atoms with Crippen molar-refractivity contribution in [1.29, 1.82) is 0 Å². The van der Waals surface area contributed by atoms with E-state index in [1.54, 1.807) is 48.5 Å². The van der Waals surface area contributed by atoms with Crippen LogP contribution >= 0.6 is 15.9 Å². The summed E-state index contributed by atoms with van der Waals surface area (Å²) in [6.45, 7) is 6.54. The van der Waals surface area contributed by atoms with Gasteiger partial charge in [-0.05, 0) is 48.9 Å². The zero-order valence-electron chi connectivity index (χ0n) is 15.7. The van der Waals surface area contributed by atoms with Gasteiger partial charge in [-0.1, -0.05) is 41.9 Å². The number of benzene rings is 2. The van der Waals surface area contributed by atoms with E-state index in [1.165, 1.54) is 0 Å². The summed E-state index contributed by atoms with van der Waals surface area (Å²) >= 11 is 3.35. The van der Waals surface area contributed by atoms with Gasteiger partial charge in [0, 0.05) is 10.0 Å². The van der Waals surface area contributed by atoms with Crippen LogP contribution in [0.2, 0.25) is 0 Å². The second-order valence-electron chi connectivity index (χ2n) is 5.87. The molecule has 0 aromatic heterocycles. The maximum Gasteiger partial charge on any atom is 0.273 e. The number of halogens is 1. The van der Waals surface area contributed by atoms with E-state index in [0.29, 0.717) is 35.8 Å². The van der Waals surface area contributed by atoms with Gasteiger partial charge in [-0.3, -0.25) is 20.4 Å². The minimum absolute atomic E-state index is 0.332. The molecule has 0 saturated carbocycles. The summed E-state index contributed by atoms with van der Waals surface area (Å²) in [5.41, 5.74) is 5.55. The number of rotatable bonds is 9. The molecule has 2 rings (SSSR count). The number of carbonyl (C=O) groups is 2. The van der Waals surface area contributed by atoms with Gasteiger partial charge in [0.25, 0.3) is 11.8 Å². The fourth-order valence-corrected chi connectivity index (χ4v) is 2.60. The fraction of sp³-hybridized carbons (Fsp3) is 0.238. The molecule has 0 atom stereocenters. The topological polar surface area (TPSA) is 76.7 Å². The lowest BCUT2D eigenvalue weighted by atomic mass is 10.2. The third kappa shape index (κ3) is 6.42. The van der Waals surface area contributed by atoms with Crippen LogP contribution < -0.4 is 20.3 Å². The molecule has 0 fully saturated rings. The number of unbranched alkanes of at least 4 members (excludes halogenated alkanes) is 1. The van der Waals surface area contributed by atoms with E-state index < -0.39 is 11.8 Å². The molecular formula is C21H23BrN2O4. The van der Waals surface area contributed by atoms with Gasteiger partial charge >= 0.3 is 0 Å². The lowest BCUT2D eigenvalue weighted by Gasteiger charge is -2.13. The first-order valence-corrected chi connectivity index (χ1v) is 9.71. The van der Waals surface area contributed by atoms with E-state index in [-0.39, 0.29) is 0 Å². The Morgan fingerprint density at radius 3 is 2.46 bits per heavy atom. The van der Waals surface area contributed by atoms with Gasteiger partial charge in [-0.2, -0.15) is 0 Å². The monoisotopic (exact) mass is 446 g/mol. The van der Waals surface area contributed by atoms with Crippen molar-refractivity contribution in [1.82, 2.24) is 10.9 Å². The highest BCUT2D eigenvalue weighted by Gasteiger charge is 2.15. The predicted molar refractivity (Wildman–Crippen MR) is 112 cm³/mol. The minimum Gasteiger partial charge on any atom is -0.493 e. The maximum absolute atomic E-state index is 12.5. The lowest BCUT2D eigenvalue weighted by Crippen LogP contribution is -2.41. The summed E-state index contributed by atoms with van der Waals surface area (Å²) < 4.78 is 11.8. The highest BCUT2D eigenvalue weighted by atomic mass is 79.9. The van der Waals surface area contributed by atoms with Crippen molar-refractivity contribution in [2.45, 2.75) is 19.8 Å². The number of amides is 2. The zero-order valence-corrected chi connectivity index (χ0v) is 17.3. The smallest absolute Gasteiger partial charge is 0.273 e. The number of carbonyl (C=O) groups excluding carboxylic acids is 2. The van der Waals surface area contributed by atoms with Gasteiger partial charge in [0.15, 0.2) is 0 Å². The highest BCUT2D eigenvalue weighted by molar-refractivity contribution is 9.10. The quantitative estimate of drug-likeness (QED) is 0.342. The number of hydrogen-bond donors (Lipinski definition) is 2. The number of ether oxygens (including phenoxy) is 2. The number of hydrogen-bond acceptors (Lipinski definition) is 4. The Labute approximate surface area is 173 Å². The van der Waals surface area contributed by atoms with Crippen molar-refractivity contribution >= 4 is 27.7 Å². The van der Waals surface area contributed by atoms with Crippen LogP contribution in [0.3, 0.4) is 0 Å². The third-order valence-electron chi connectivity index (χ3n) is 3.72. The molecule has 148 valence electrons. The summed E-state index contributed by atoms with van der Waals surface area (Å²) in [7, 11) is 0. The first-order valence-electron chi connectivity index (χ1n) is 8.92. The van der Waals surface area contributed by atoms with Crippen molar-refractivity contribution in [3.8, 4) is 11.5 Å². The Kier molecular flexibility index (Phi) is 8.55. The molecule has 28 heavy (non-hydrogen) atoms. The molecular weight excluding hydrogens is 424 g/mol. The second kappa shape index (κ2) is 11.1. The second-order valence-corrected chi connectivity index (χ2v) is 6.79. The molecule has 0 radical (unpaired) electrons. The van der Waals surface area contributed by atoms with Crippen molar-refractivity contribution in [2.24, 2.45) is 0 Å². The maximum atomic E-state index is 12.5. The first kappa shape index (κ1) is 21.5. The molecule has 0 spiro atoms. The van der Waals surface area contributed by atoms with Crippen LogP contribution in [0.5, 0.6) is 11.5 Å². The minimum atomic E-state index is -0.466. The van der Waals surface area contributed by atoms with Crippen LogP contribution in [0.15, 0.2) is 59.6 Å². The average molecular weight is 447 g/mol. The Morgan fingerprint density at radius 2 is 1.79 bits per heavy atom. The predicted octanol–water partition coefficient (Wildman–Crippen LogP) is 4.27. The Balaban J connectivity index is 1.98. The summed E-state index contributed by atoms with van der Waals surface area (Å²) in [6, 6.07) is 11.7. The Hall–Kier alpha value is -2.80. The third-order valence-corrected chi connectivity index (χ3v) is 4.21. The normalized spacial score (nSPS) is 10.1. The standard InChI is InChI=1S/C21H23BrN2O4/c1-3-5-13-28-19-11-8-16(22)14-18(19)21(26)24-23-20(25)15-6-9-17(10-7-15)27-12-4-2/h4,6-11,14H,2-3,5,12-13H2,1H3,(H,23,25)(H,24,26).